The van der Waals surface area contributed by atoms with E-state index in [1.807, 2.05) is 6.92 Å². The molecule has 5 nitrogen and oxygen atoms in total. The molecule has 0 aromatic carbocycles. The summed E-state index contributed by atoms with van der Waals surface area (Å²) in [6.45, 7) is 1.83. The summed E-state index contributed by atoms with van der Waals surface area (Å²) in [6.07, 6.45) is 6.84. The fourth-order valence-electron chi connectivity index (χ4n) is 5.24. The number of carbonyl (C=O) groups excluding carboxylic acids is 1. The van der Waals surface area contributed by atoms with Crippen LogP contribution in [0.3, 0.4) is 0 Å². The molecule has 4 bridgehead atoms. The van der Waals surface area contributed by atoms with Crippen LogP contribution < -0.4 is 5.32 Å². The van der Waals surface area contributed by atoms with Gasteiger partial charge in [0.05, 0.1) is 0 Å². The fourth-order valence-corrected chi connectivity index (χ4v) is 5.49. The molecule has 1 atom stereocenters. The summed E-state index contributed by atoms with van der Waals surface area (Å²) in [6, 6.07) is -0.296. The number of alkyl halides is 2. The zero-order valence-corrected chi connectivity index (χ0v) is 13.2. The van der Waals surface area contributed by atoms with Gasteiger partial charge >= 0.3 is 11.2 Å². The smallest absolute Gasteiger partial charge is 0.347 e. The summed E-state index contributed by atoms with van der Waals surface area (Å²) in [4.78, 5) is 11.8. The van der Waals surface area contributed by atoms with Crippen LogP contribution in [0.4, 0.5) is 8.78 Å². The first-order chi connectivity index (χ1) is 10.3. The Labute approximate surface area is 132 Å². The van der Waals surface area contributed by atoms with Crippen molar-refractivity contribution in [3.63, 3.8) is 0 Å². The normalized spacial score (nSPS) is 38.1. The maximum absolute atomic E-state index is 13.6. The van der Waals surface area contributed by atoms with Crippen molar-refractivity contribution >= 4 is 17.9 Å². The van der Waals surface area contributed by atoms with E-state index in [0.717, 1.165) is 19.3 Å². The van der Waals surface area contributed by atoms with Crippen molar-refractivity contribution < 1.29 is 28.2 Å². The van der Waals surface area contributed by atoms with Gasteiger partial charge in [0.25, 0.3) is 0 Å². The van der Waals surface area contributed by atoms with E-state index in [-0.39, 0.29) is 11.5 Å². The summed E-state index contributed by atoms with van der Waals surface area (Å²) in [5, 5.41) is 9.73. The van der Waals surface area contributed by atoms with Crippen LogP contribution in [0, 0.1) is 23.2 Å². The van der Waals surface area contributed by atoms with Crippen LogP contribution in [-0.2, 0) is 14.2 Å². The standard InChI is InChI=1S/C14H21F2NO4S/c1-8(17-12(18)14(15,16)22-21-20-19)13-5-9-2-10(6-13)4-11(3-9)7-13/h8-11,19H,2-7H2,1H3,(H,17,18). The lowest BCUT2D eigenvalue weighted by Crippen LogP contribution is -2.57. The Kier molecular flexibility index (Phi) is 4.39. The van der Waals surface area contributed by atoms with Crippen LogP contribution in [0.1, 0.15) is 45.4 Å². The first kappa shape index (κ1) is 16.4. The maximum Gasteiger partial charge on any atom is 0.397 e. The number of carbonyl (C=O) groups is 1. The highest BCUT2D eigenvalue weighted by Gasteiger charge is 2.54. The molecule has 22 heavy (non-hydrogen) atoms. The van der Waals surface area contributed by atoms with Crippen molar-refractivity contribution in [1.29, 1.82) is 0 Å². The summed E-state index contributed by atoms with van der Waals surface area (Å²) >= 11 is -0.512. The van der Waals surface area contributed by atoms with E-state index in [1.54, 1.807) is 0 Å². The molecule has 0 radical (unpaired) electrons. The minimum atomic E-state index is -3.81. The zero-order chi connectivity index (χ0) is 16.0. The van der Waals surface area contributed by atoms with Gasteiger partial charge in [0.15, 0.2) is 0 Å². The highest BCUT2D eigenvalue weighted by atomic mass is 32.2. The molecule has 0 spiro atoms. The van der Waals surface area contributed by atoms with Crippen LogP contribution in [0.2, 0.25) is 0 Å². The van der Waals surface area contributed by atoms with Gasteiger partial charge in [0.2, 0.25) is 0 Å². The van der Waals surface area contributed by atoms with Gasteiger partial charge in [-0.15, -0.1) is 4.33 Å². The summed E-state index contributed by atoms with van der Waals surface area (Å²) in [7, 11) is 0. The first-order valence-electron chi connectivity index (χ1n) is 7.69. The van der Waals surface area contributed by atoms with E-state index in [1.165, 1.54) is 19.3 Å². The van der Waals surface area contributed by atoms with Crippen LogP contribution in [0.25, 0.3) is 0 Å². The molecule has 2 N–H and O–H groups in total. The lowest BCUT2D eigenvalue weighted by Gasteiger charge is -2.59. The third-order valence-corrected chi connectivity index (χ3v) is 6.31. The number of rotatable bonds is 6. The summed E-state index contributed by atoms with van der Waals surface area (Å²) < 4.78 is 30.9. The first-order valence-corrected chi connectivity index (χ1v) is 8.43. The topological polar surface area (TPSA) is 67.8 Å². The third kappa shape index (κ3) is 2.98. The monoisotopic (exact) mass is 337 g/mol. The Morgan fingerprint density at radius 1 is 1.27 bits per heavy atom. The summed E-state index contributed by atoms with van der Waals surface area (Å²) in [5.74, 6) is 0.655. The van der Waals surface area contributed by atoms with Crippen LogP contribution in [-0.4, -0.2) is 22.5 Å². The molecule has 0 saturated heterocycles. The lowest BCUT2D eigenvalue weighted by molar-refractivity contribution is -0.433. The number of nitrogens with one attached hydrogen (secondary N) is 1. The van der Waals surface area contributed by atoms with E-state index in [9.17, 15) is 13.6 Å². The minimum Gasteiger partial charge on any atom is -0.347 e. The SMILES string of the molecule is CC(NC(=O)C(F)(F)SOOO)C12CC3CC(CC(C3)C1)C2. The van der Waals surface area contributed by atoms with Gasteiger partial charge in [0, 0.05) is 6.04 Å². The molecular weight excluding hydrogens is 316 g/mol. The van der Waals surface area contributed by atoms with Gasteiger partial charge in [-0.25, -0.2) is 5.26 Å². The maximum atomic E-state index is 13.6. The number of hydrogen-bond donors (Lipinski definition) is 2. The second kappa shape index (κ2) is 5.89. The highest BCUT2D eigenvalue weighted by Crippen LogP contribution is 2.61. The lowest BCUT2D eigenvalue weighted by atomic mass is 9.48. The third-order valence-electron chi connectivity index (χ3n) is 5.79. The molecule has 126 valence electrons. The van der Waals surface area contributed by atoms with Crippen molar-refractivity contribution in [3.8, 4) is 0 Å². The molecule has 8 heteroatoms. The molecular formula is C14H21F2NO4S. The predicted octanol–water partition coefficient (Wildman–Crippen LogP) is 3.37. The Bertz CT molecular complexity index is 413. The average molecular weight is 337 g/mol. The van der Waals surface area contributed by atoms with Gasteiger partial charge in [0.1, 0.15) is 12.0 Å². The van der Waals surface area contributed by atoms with Gasteiger partial charge in [-0.3, -0.25) is 4.79 Å². The quantitative estimate of drug-likeness (QED) is 0.442. The molecule has 0 aromatic heterocycles. The van der Waals surface area contributed by atoms with Gasteiger partial charge in [-0.2, -0.15) is 8.78 Å². The van der Waals surface area contributed by atoms with E-state index >= 15 is 0 Å². The van der Waals surface area contributed by atoms with E-state index in [0.29, 0.717) is 17.8 Å². The summed E-state index contributed by atoms with van der Waals surface area (Å²) in [5.41, 5.74) is -0.0422. The highest BCUT2D eigenvalue weighted by molar-refractivity contribution is 7.96. The van der Waals surface area contributed by atoms with Crippen molar-refractivity contribution in [2.45, 2.75) is 56.7 Å². The number of amides is 1. The molecule has 1 unspecified atom stereocenters. The Balaban J connectivity index is 1.64. The molecule has 4 saturated carbocycles. The van der Waals surface area contributed by atoms with Crippen molar-refractivity contribution in [3.05, 3.63) is 0 Å². The fraction of sp³-hybridized carbons (Fsp3) is 0.929. The van der Waals surface area contributed by atoms with Gasteiger partial charge in [-0.1, -0.05) is 5.04 Å². The molecule has 4 rings (SSSR count). The minimum absolute atomic E-state index is 0.0422. The molecule has 0 aliphatic heterocycles. The van der Waals surface area contributed by atoms with E-state index in [2.05, 4.69) is 14.7 Å². The number of hydrogen-bond acceptors (Lipinski definition) is 5. The largest absolute Gasteiger partial charge is 0.397 e. The van der Waals surface area contributed by atoms with E-state index < -0.39 is 23.2 Å². The molecule has 0 aromatic rings. The van der Waals surface area contributed by atoms with Crippen molar-refractivity contribution in [1.82, 2.24) is 5.32 Å². The van der Waals surface area contributed by atoms with Crippen molar-refractivity contribution in [2.75, 3.05) is 0 Å². The van der Waals surface area contributed by atoms with Crippen LogP contribution in [0.5, 0.6) is 0 Å². The molecule has 4 aliphatic rings. The molecule has 1 amide bonds. The Morgan fingerprint density at radius 2 is 1.77 bits per heavy atom. The molecule has 0 heterocycles. The Morgan fingerprint density at radius 3 is 2.23 bits per heavy atom. The Hall–Kier alpha value is -0.440. The second-order valence-corrected chi connectivity index (χ2v) is 8.03. The molecule has 4 fully saturated rings. The zero-order valence-electron chi connectivity index (χ0n) is 12.4. The van der Waals surface area contributed by atoms with Crippen LogP contribution >= 0.6 is 12.0 Å². The van der Waals surface area contributed by atoms with Crippen molar-refractivity contribution in [2.24, 2.45) is 23.2 Å². The van der Waals surface area contributed by atoms with Crippen LogP contribution in [0.15, 0.2) is 0 Å². The molecule has 4 aliphatic carbocycles. The van der Waals surface area contributed by atoms with Gasteiger partial charge < -0.3 is 5.32 Å². The number of halogens is 2. The van der Waals surface area contributed by atoms with E-state index in [4.69, 9.17) is 5.26 Å². The average Bonchev–Trinajstić information content (AvgIpc) is 2.43. The van der Waals surface area contributed by atoms with Gasteiger partial charge in [-0.05, 0) is 68.6 Å². The second-order valence-electron chi connectivity index (χ2n) is 7.22. The predicted molar refractivity (Wildman–Crippen MR) is 75.5 cm³/mol.